The van der Waals surface area contributed by atoms with Crippen molar-refractivity contribution in [2.45, 2.75) is 72.3 Å². The molecule has 1 rings (SSSR count). The topological polar surface area (TPSA) is 9.23 Å². The summed E-state index contributed by atoms with van der Waals surface area (Å²) in [5.74, 6) is 0. The molecule has 0 amide bonds. The van der Waals surface area contributed by atoms with Gasteiger partial charge in [0.15, 0.2) is 6.61 Å². The Morgan fingerprint density at radius 2 is 1.26 bits per heavy atom. The fourth-order valence-corrected chi connectivity index (χ4v) is 1.74. The maximum atomic E-state index is 5.51. The number of ether oxygens (including phenoxy) is 1. The molecule has 0 unspecified atom stereocenters. The van der Waals surface area contributed by atoms with E-state index in [1.807, 2.05) is 13.8 Å². The minimum atomic E-state index is 0.134. The molecule has 0 heterocycles. The lowest BCUT2D eigenvalue weighted by molar-refractivity contribution is 0.147. The maximum Gasteiger partial charge on any atom is 0.166 e. The van der Waals surface area contributed by atoms with Gasteiger partial charge in [0.1, 0.15) is 0 Å². The van der Waals surface area contributed by atoms with Crippen LogP contribution in [0.5, 0.6) is 0 Å². The van der Waals surface area contributed by atoms with Crippen LogP contribution in [-0.2, 0) is 15.6 Å². The van der Waals surface area contributed by atoms with E-state index in [0.29, 0.717) is 0 Å². The molecule has 0 atom stereocenters. The fraction of sp³-hybridized carbons (Fsp3) is 0.611. The van der Waals surface area contributed by atoms with Crippen molar-refractivity contribution in [2.24, 2.45) is 0 Å². The van der Waals surface area contributed by atoms with Crippen LogP contribution in [0.3, 0.4) is 0 Å². The fourth-order valence-electron chi connectivity index (χ4n) is 1.74. The number of benzene rings is 1. The van der Waals surface area contributed by atoms with Crippen molar-refractivity contribution in [3.05, 3.63) is 41.5 Å². The summed E-state index contributed by atoms with van der Waals surface area (Å²) in [7, 11) is 0. The quantitative estimate of drug-likeness (QED) is 0.735. The Kier molecular flexibility index (Phi) is 4.84. The Hall–Kier alpha value is -0.820. The maximum absolute atomic E-state index is 5.51. The van der Waals surface area contributed by atoms with Crippen LogP contribution in [0.15, 0.2) is 18.2 Å². The van der Waals surface area contributed by atoms with Gasteiger partial charge in [-0.3, -0.25) is 0 Å². The van der Waals surface area contributed by atoms with Gasteiger partial charge in [-0.25, -0.2) is 0 Å². The third-order valence-corrected chi connectivity index (χ3v) is 3.08. The normalized spacial score (nSPS) is 13.1. The van der Waals surface area contributed by atoms with E-state index in [4.69, 9.17) is 4.74 Å². The van der Waals surface area contributed by atoms with Gasteiger partial charge in [0.25, 0.3) is 0 Å². The molecule has 1 heteroatoms. The van der Waals surface area contributed by atoms with E-state index in [1.54, 1.807) is 0 Å². The summed E-state index contributed by atoms with van der Waals surface area (Å²) < 4.78 is 5.51. The van der Waals surface area contributed by atoms with Crippen LogP contribution >= 0.6 is 0 Å². The Labute approximate surface area is 119 Å². The predicted molar refractivity (Wildman–Crippen MR) is 82.4 cm³/mol. The van der Waals surface area contributed by atoms with Crippen LogP contribution in [0.25, 0.3) is 0 Å². The minimum absolute atomic E-state index is 0.134. The summed E-state index contributed by atoms with van der Waals surface area (Å²) in [6.45, 7) is 20.5. The van der Waals surface area contributed by atoms with Crippen molar-refractivity contribution in [3.63, 3.8) is 0 Å². The summed E-state index contributed by atoms with van der Waals surface area (Å²) in [5, 5.41) is 0. The zero-order valence-electron chi connectivity index (χ0n) is 13.7. The highest BCUT2D eigenvalue weighted by molar-refractivity contribution is 5.39. The Morgan fingerprint density at radius 3 is 1.58 bits per heavy atom. The molecule has 2 radical (unpaired) electrons. The van der Waals surface area contributed by atoms with Crippen molar-refractivity contribution >= 4 is 0 Å². The average Bonchev–Trinajstić information content (AvgIpc) is 2.23. The lowest BCUT2D eigenvalue weighted by Crippen LogP contribution is -2.17. The van der Waals surface area contributed by atoms with Gasteiger partial charge in [0, 0.05) is 0 Å². The highest BCUT2D eigenvalue weighted by Gasteiger charge is 2.20. The molecule has 0 bridgehead atoms. The monoisotopic (exact) mass is 260 g/mol. The first-order valence-electron chi connectivity index (χ1n) is 7.08. The molecule has 19 heavy (non-hydrogen) atoms. The van der Waals surface area contributed by atoms with E-state index in [0.717, 1.165) is 5.56 Å². The second-order valence-electron chi connectivity index (χ2n) is 7.57. The second-order valence-corrected chi connectivity index (χ2v) is 7.57. The lowest BCUT2D eigenvalue weighted by atomic mass is 9.79. The summed E-state index contributed by atoms with van der Waals surface area (Å²) in [6.07, 6.45) is 0.163. The van der Waals surface area contributed by atoms with Crippen molar-refractivity contribution < 1.29 is 4.74 Å². The van der Waals surface area contributed by atoms with Crippen molar-refractivity contribution in [3.8, 4) is 0 Å². The molecule has 0 saturated carbocycles. The van der Waals surface area contributed by atoms with Gasteiger partial charge in [0.05, 0.1) is 6.10 Å². The molecule has 106 valence electrons. The summed E-state index contributed by atoms with van der Waals surface area (Å²) in [6, 6.07) is 6.66. The van der Waals surface area contributed by atoms with E-state index in [1.165, 1.54) is 11.1 Å². The number of rotatable bonds is 3. The summed E-state index contributed by atoms with van der Waals surface area (Å²) in [4.78, 5) is 0. The van der Waals surface area contributed by atoms with Gasteiger partial charge in [-0.2, -0.15) is 0 Å². The van der Waals surface area contributed by atoms with Gasteiger partial charge < -0.3 is 4.74 Å². The minimum Gasteiger partial charge on any atom is -0.360 e. The van der Waals surface area contributed by atoms with E-state index in [-0.39, 0.29) is 16.9 Å². The molecule has 0 aromatic heterocycles. The first-order chi connectivity index (χ1) is 8.50. The third kappa shape index (κ3) is 4.99. The second kappa shape index (κ2) is 5.66. The molecule has 1 nitrogen and oxygen atoms in total. The van der Waals surface area contributed by atoms with Gasteiger partial charge in [0.2, 0.25) is 0 Å². The van der Waals surface area contributed by atoms with E-state index in [2.05, 4.69) is 66.3 Å². The number of hydrogen-bond donors (Lipinski definition) is 0. The van der Waals surface area contributed by atoms with E-state index in [9.17, 15) is 0 Å². The Balaban J connectivity index is 3.17. The van der Waals surface area contributed by atoms with Crippen molar-refractivity contribution in [2.75, 3.05) is 0 Å². The molecular weight excluding hydrogens is 232 g/mol. The molecular formula is C18H28O. The SMILES string of the molecule is CC(C)O[C]c1cc(C(C)(C)C)cc(C(C)(C)C)c1. The van der Waals surface area contributed by atoms with Gasteiger partial charge in [-0.15, -0.1) is 0 Å². The van der Waals surface area contributed by atoms with Crippen LogP contribution in [0.1, 0.15) is 72.1 Å². The zero-order chi connectivity index (χ0) is 14.8. The Morgan fingerprint density at radius 1 is 0.842 bits per heavy atom. The van der Waals surface area contributed by atoms with Crippen LogP contribution in [0.2, 0.25) is 0 Å². The van der Waals surface area contributed by atoms with E-state index < -0.39 is 0 Å². The average molecular weight is 260 g/mol. The molecule has 0 aliphatic heterocycles. The van der Waals surface area contributed by atoms with Gasteiger partial charge >= 0.3 is 0 Å². The third-order valence-electron chi connectivity index (χ3n) is 3.08. The molecule has 0 N–H and O–H groups in total. The molecule has 1 aromatic rings. The highest BCUT2D eigenvalue weighted by atomic mass is 16.5. The van der Waals surface area contributed by atoms with Crippen molar-refractivity contribution in [1.29, 1.82) is 0 Å². The van der Waals surface area contributed by atoms with Crippen LogP contribution in [0, 0.1) is 6.61 Å². The molecule has 0 aliphatic rings. The van der Waals surface area contributed by atoms with E-state index >= 15 is 0 Å². The van der Waals surface area contributed by atoms with Crippen molar-refractivity contribution in [1.82, 2.24) is 0 Å². The highest BCUT2D eigenvalue weighted by Crippen LogP contribution is 2.30. The summed E-state index contributed by atoms with van der Waals surface area (Å²) >= 11 is 0. The van der Waals surface area contributed by atoms with Crippen LogP contribution < -0.4 is 0 Å². The first-order valence-corrected chi connectivity index (χ1v) is 7.08. The first kappa shape index (κ1) is 16.2. The largest absolute Gasteiger partial charge is 0.360 e. The summed E-state index contributed by atoms with van der Waals surface area (Å²) in [5.41, 5.74) is 3.96. The Bertz CT molecular complexity index is 384. The molecule has 1 aromatic carbocycles. The number of hydrogen-bond acceptors (Lipinski definition) is 1. The van der Waals surface area contributed by atoms with Crippen LogP contribution in [-0.4, -0.2) is 6.10 Å². The van der Waals surface area contributed by atoms with Crippen LogP contribution in [0.4, 0.5) is 0 Å². The predicted octanol–water partition coefficient (Wildman–Crippen LogP) is 5.09. The molecule has 0 aliphatic carbocycles. The molecule has 0 fully saturated rings. The lowest BCUT2D eigenvalue weighted by Gasteiger charge is -2.26. The van der Waals surface area contributed by atoms with Gasteiger partial charge in [-0.1, -0.05) is 59.7 Å². The standard InChI is InChI=1S/C18H28O/c1-13(2)19-12-14-9-15(17(3,4)5)11-16(10-14)18(6,7)8/h9-11,13H,1-8H3. The van der Waals surface area contributed by atoms with Gasteiger partial charge in [-0.05, 0) is 41.4 Å². The zero-order valence-corrected chi connectivity index (χ0v) is 13.7. The molecule has 0 saturated heterocycles. The molecule has 0 spiro atoms. The smallest absolute Gasteiger partial charge is 0.166 e.